The molecule has 5 heteroatoms. The summed E-state index contributed by atoms with van der Waals surface area (Å²) in [4.78, 5) is 21.9. The Balaban J connectivity index is 2.57. The van der Waals surface area contributed by atoms with Crippen molar-refractivity contribution in [2.45, 2.75) is 6.42 Å². The van der Waals surface area contributed by atoms with Crippen LogP contribution in [0.5, 0.6) is 0 Å². The first-order valence-corrected chi connectivity index (χ1v) is 4.93. The van der Waals surface area contributed by atoms with Crippen LogP contribution in [0.1, 0.15) is 5.56 Å². The second-order valence-corrected chi connectivity index (χ2v) is 3.42. The van der Waals surface area contributed by atoms with Crippen molar-refractivity contribution in [1.29, 1.82) is 0 Å². The van der Waals surface area contributed by atoms with Crippen LogP contribution in [0.3, 0.4) is 0 Å². The molecule has 0 heterocycles. The average molecular weight is 221 g/mol. The zero-order chi connectivity index (χ0) is 12.0. The second-order valence-electron chi connectivity index (χ2n) is 3.42. The predicted octanol–water partition coefficient (Wildman–Crippen LogP) is -0.128. The molecule has 4 N–H and O–H groups in total. The summed E-state index contributed by atoms with van der Waals surface area (Å²) in [5.74, 6) is -0.475. The minimum absolute atomic E-state index is 0.106. The molecule has 0 saturated carbocycles. The number of nitrogens with two attached hydrogens (primary N) is 1. The number of nitrogens with one attached hydrogen (secondary N) is 2. The highest BCUT2D eigenvalue weighted by Crippen LogP contribution is 2.09. The van der Waals surface area contributed by atoms with E-state index < -0.39 is 0 Å². The summed E-state index contributed by atoms with van der Waals surface area (Å²) in [5.41, 5.74) is 6.60. The van der Waals surface area contributed by atoms with Gasteiger partial charge in [-0.15, -0.1) is 0 Å². The Hall–Kier alpha value is -1.88. The Bertz CT molecular complexity index is 373. The van der Waals surface area contributed by atoms with Crippen LogP contribution >= 0.6 is 0 Å². The van der Waals surface area contributed by atoms with Crippen molar-refractivity contribution >= 4 is 17.5 Å². The Morgan fingerprint density at radius 1 is 1.25 bits per heavy atom. The standard InChI is InChI=1S/C11H15N3O2/c1-13-7-11(16)14-9-4-2-8(3-5-9)6-10(12)15/h2-5,13H,6-7H2,1H3,(H2,12,15)(H,14,16). The van der Waals surface area contributed by atoms with E-state index in [1.54, 1.807) is 31.3 Å². The molecule has 0 aromatic heterocycles. The van der Waals surface area contributed by atoms with Crippen LogP contribution in [0.2, 0.25) is 0 Å². The number of carbonyl (C=O) groups is 2. The molecular formula is C11H15N3O2. The number of likely N-dealkylation sites (N-methyl/N-ethyl adjacent to an activating group) is 1. The molecule has 0 fully saturated rings. The van der Waals surface area contributed by atoms with Crippen LogP contribution in [-0.4, -0.2) is 25.4 Å². The van der Waals surface area contributed by atoms with E-state index in [1.807, 2.05) is 0 Å². The molecule has 1 aromatic carbocycles. The van der Waals surface area contributed by atoms with E-state index in [0.29, 0.717) is 5.69 Å². The third-order valence-electron chi connectivity index (χ3n) is 1.95. The summed E-state index contributed by atoms with van der Waals surface area (Å²) >= 11 is 0. The summed E-state index contributed by atoms with van der Waals surface area (Å²) in [5, 5.41) is 5.46. The van der Waals surface area contributed by atoms with Crippen molar-refractivity contribution in [3.8, 4) is 0 Å². The Morgan fingerprint density at radius 2 is 1.88 bits per heavy atom. The highest BCUT2D eigenvalue weighted by molar-refractivity contribution is 5.92. The molecule has 0 saturated heterocycles. The lowest BCUT2D eigenvalue weighted by molar-refractivity contribution is -0.117. The van der Waals surface area contributed by atoms with Gasteiger partial charge in [0, 0.05) is 5.69 Å². The van der Waals surface area contributed by atoms with Gasteiger partial charge in [-0.1, -0.05) is 12.1 Å². The Labute approximate surface area is 94.0 Å². The smallest absolute Gasteiger partial charge is 0.238 e. The molecule has 1 aromatic rings. The van der Waals surface area contributed by atoms with E-state index in [4.69, 9.17) is 5.73 Å². The zero-order valence-electron chi connectivity index (χ0n) is 9.12. The molecule has 0 radical (unpaired) electrons. The van der Waals surface area contributed by atoms with E-state index >= 15 is 0 Å². The number of hydrogen-bond acceptors (Lipinski definition) is 3. The fourth-order valence-corrected chi connectivity index (χ4v) is 1.27. The Kier molecular flexibility index (Phi) is 4.47. The van der Waals surface area contributed by atoms with Crippen molar-refractivity contribution < 1.29 is 9.59 Å². The van der Waals surface area contributed by atoms with Gasteiger partial charge in [0.15, 0.2) is 0 Å². The van der Waals surface area contributed by atoms with E-state index in [0.717, 1.165) is 5.56 Å². The van der Waals surface area contributed by atoms with Crippen LogP contribution in [-0.2, 0) is 16.0 Å². The lowest BCUT2D eigenvalue weighted by Gasteiger charge is -2.05. The van der Waals surface area contributed by atoms with Gasteiger partial charge in [-0.05, 0) is 24.7 Å². The van der Waals surface area contributed by atoms with Crippen molar-refractivity contribution in [2.24, 2.45) is 5.73 Å². The van der Waals surface area contributed by atoms with Crippen molar-refractivity contribution in [1.82, 2.24) is 5.32 Å². The number of amides is 2. The monoisotopic (exact) mass is 221 g/mol. The molecule has 16 heavy (non-hydrogen) atoms. The number of rotatable bonds is 5. The van der Waals surface area contributed by atoms with Gasteiger partial charge in [0.05, 0.1) is 13.0 Å². The first kappa shape index (κ1) is 12.2. The minimum atomic E-state index is -0.369. The van der Waals surface area contributed by atoms with Gasteiger partial charge in [-0.3, -0.25) is 9.59 Å². The lowest BCUT2D eigenvalue weighted by atomic mass is 10.1. The largest absolute Gasteiger partial charge is 0.369 e. The van der Waals surface area contributed by atoms with Crippen LogP contribution in [0.15, 0.2) is 24.3 Å². The summed E-state index contributed by atoms with van der Waals surface area (Å²) < 4.78 is 0. The first-order valence-electron chi connectivity index (χ1n) is 4.93. The van der Waals surface area contributed by atoms with Gasteiger partial charge in [0.25, 0.3) is 0 Å². The van der Waals surface area contributed by atoms with Crippen LogP contribution in [0, 0.1) is 0 Å². The molecule has 1 rings (SSSR count). The fourth-order valence-electron chi connectivity index (χ4n) is 1.27. The van der Waals surface area contributed by atoms with Crippen molar-refractivity contribution in [3.05, 3.63) is 29.8 Å². The molecule has 0 aliphatic heterocycles. The summed E-state index contributed by atoms with van der Waals surface area (Å²) in [6, 6.07) is 7.01. The number of hydrogen-bond donors (Lipinski definition) is 3. The highest BCUT2D eigenvalue weighted by atomic mass is 16.2. The lowest BCUT2D eigenvalue weighted by Crippen LogP contribution is -2.25. The molecule has 0 bridgehead atoms. The quantitative estimate of drug-likeness (QED) is 0.647. The van der Waals surface area contributed by atoms with Crippen LogP contribution in [0.4, 0.5) is 5.69 Å². The van der Waals surface area contributed by atoms with Crippen LogP contribution < -0.4 is 16.4 Å². The van der Waals surface area contributed by atoms with Gasteiger partial charge in [0.1, 0.15) is 0 Å². The van der Waals surface area contributed by atoms with E-state index in [9.17, 15) is 9.59 Å². The second kappa shape index (κ2) is 5.87. The predicted molar refractivity (Wildman–Crippen MR) is 61.9 cm³/mol. The van der Waals surface area contributed by atoms with Gasteiger partial charge in [0.2, 0.25) is 11.8 Å². The fraction of sp³-hybridized carbons (Fsp3) is 0.273. The van der Waals surface area contributed by atoms with Gasteiger partial charge < -0.3 is 16.4 Å². The molecule has 0 atom stereocenters. The maximum atomic E-state index is 11.2. The third-order valence-corrected chi connectivity index (χ3v) is 1.95. The number of carbonyl (C=O) groups excluding carboxylic acids is 2. The van der Waals surface area contributed by atoms with Gasteiger partial charge >= 0.3 is 0 Å². The normalized spacial score (nSPS) is 9.81. The number of benzene rings is 1. The summed E-state index contributed by atoms with van der Waals surface area (Å²) in [6.45, 7) is 0.267. The maximum Gasteiger partial charge on any atom is 0.238 e. The summed E-state index contributed by atoms with van der Waals surface area (Å²) in [6.07, 6.45) is 0.213. The van der Waals surface area contributed by atoms with E-state index in [1.165, 1.54) is 0 Å². The van der Waals surface area contributed by atoms with Crippen molar-refractivity contribution in [2.75, 3.05) is 18.9 Å². The van der Waals surface area contributed by atoms with Gasteiger partial charge in [-0.25, -0.2) is 0 Å². The van der Waals surface area contributed by atoms with Gasteiger partial charge in [-0.2, -0.15) is 0 Å². The molecule has 2 amide bonds. The first-order chi connectivity index (χ1) is 7.61. The molecular weight excluding hydrogens is 206 g/mol. The average Bonchev–Trinajstić information content (AvgIpc) is 2.20. The number of primary amides is 1. The SMILES string of the molecule is CNCC(=O)Nc1ccc(CC(N)=O)cc1. The van der Waals surface area contributed by atoms with Crippen molar-refractivity contribution in [3.63, 3.8) is 0 Å². The molecule has 0 spiro atoms. The third kappa shape index (κ3) is 4.10. The minimum Gasteiger partial charge on any atom is -0.369 e. The van der Waals surface area contributed by atoms with E-state index in [2.05, 4.69) is 10.6 Å². The summed E-state index contributed by atoms with van der Waals surface area (Å²) in [7, 11) is 1.70. The molecule has 0 aliphatic rings. The molecule has 5 nitrogen and oxygen atoms in total. The molecule has 0 unspecified atom stereocenters. The van der Waals surface area contributed by atoms with E-state index in [-0.39, 0.29) is 24.8 Å². The van der Waals surface area contributed by atoms with Crippen LogP contribution in [0.25, 0.3) is 0 Å². The topological polar surface area (TPSA) is 84.2 Å². The zero-order valence-corrected chi connectivity index (χ0v) is 9.12. The highest BCUT2D eigenvalue weighted by Gasteiger charge is 2.01. The molecule has 0 aliphatic carbocycles. The number of anilines is 1. The Morgan fingerprint density at radius 3 is 2.38 bits per heavy atom. The maximum absolute atomic E-state index is 11.2. The molecule has 86 valence electrons.